The zero-order chi connectivity index (χ0) is 20.9. The molecule has 0 amide bonds. The number of anilines is 2. The molecule has 2 heterocycles. The molecule has 152 valence electrons. The molecule has 5 heteroatoms. The highest BCUT2D eigenvalue weighted by atomic mass is 79.9. The summed E-state index contributed by atoms with van der Waals surface area (Å²) in [5.74, 6) is 1.70. The van der Waals surface area contributed by atoms with Crippen LogP contribution in [0.5, 0.6) is 0 Å². The molecule has 0 fully saturated rings. The Hall–Kier alpha value is -2.79. The molecule has 1 aliphatic heterocycles. The summed E-state index contributed by atoms with van der Waals surface area (Å²) < 4.78 is 7.30. The van der Waals surface area contributed by atoms with Crippen molar-refractivity contribution in [3.8, 4) is 11.3 Å². The second-order valence-electron chi connectivity index (χ2n) is 8.79. The smallest absolute Gasteiger partial charge is 0.163 e. The van der Waals surface area contributed by atoms with Crippen LogP contribution in [0.25, 0.3) is 11.3 Å². The van der Waals surface area contributed by atoms with E-state index in [9.17, 15) is 4.79 Å². The Kier molecular flexibility index (Phi) is 4.58. The van der Waals surface area contributed by atoms with Crippen molar-refractivity contribution in [2.24, 2.45) is 5.41 Å². The van der Waals surface area contributed by atoms with Crippen LogP contribution < -0.4 is 10.6 Å². The Balaban J connectivity index is 1.60. The Morgan fingerprint density at radius 1 is 0.967 bits per heavy atom. The molecule has 0 radical (unpaired) electrons. The minimum Gasteiger partial charge on any atom is -0.459 e. The predicted molar refractivity (Wildman–Crippen MR) is 123 cm³/mol. The molecular weight excluding hydrogens is 440 g/mol. The number of allylic oxidation sites excluding steroid dienone is 1. The first-order valence-corrected chi connectivity index (χ1v) is 10.9. The van der Waals surface area contributed by atoms with E-state index in [0.29, 0.717) is 6.42 Å². The summed E-state index contributed by atoms with van der Waals surface area (Å²) >= 11 is 3.47. The third kappa shape index (κ3) is 3.47. The van der Waals surface area contributed by atoms with E-state index < -0.39 is 0 Å². The molecule has 2 aliphatic rings. The summed E-state index contributed by atoms with van der Waals surface area (Å²) in [7, 11) is 0. The van der Waals surface area contributed by atoms with Crippen LogP contribution in [0.2, 0.25) is 0 Å². The van der Waals surface area contributed by atoms with Crippen molar-refractivity contribution in [2.75, 3.05) is 10.6 Å². The molecule has 0 saturated heterocycles. The van der Waals surface area contributed by atoms with Gasteiger partial charge in [0, 0.05) is 27.7 Å². The summed E-state index contributed by atoms with van der Waals surface area (Å²) in [6.45, 7) is 4.29. The summed E-state index contributed by atoms with van der Waals surface area (Å²) in [4.78, 5) is 13.3. The van der Waals surface area contributed by atoms with E-state index in [-0.39, 0.29) is 17.2 Å². The van der Waals surface area contributed by atoms with Crippen molar-refractivity contribution in [3.05, 3.63) is 82.2 Å². The SMILES string of the molecule is CC1(C)CC(=O)C2=C(C1)Nc1ccccc1N[C@H]2c1ccc(-c2ccc(Br)cc2)o1. The molecule has 0 bridgehead atoms. The van der Waals surface area contributed by atoms with Gasteiger partial charge in [0.1, 0.15) is 17.6 Å². The first-order valence-electron chi connectivity index (χ1n) is 10.1. The lowest BCUT2D eigenvalue weighted by molar-refractivity contribution is -0.118. The largest absolute Gasteiger partial charge is 0.459 e. The zero-order valence-corrected chi connectivity index (χ0v) is 18.5. The molecular formula is C25H23BrN2O2. The van der Waals surface area contributed by atoms with E-state index in [1.165, 1.54) is 0 Å². The molecule has 0 unspecified atom stereocenters. The molecule has 4 nitrogen and oxygen atoms in total. The fourth-order valence-corrected chi connectivity index (χ4v) is 4.64. The van der Waals surface area contributed by atoms with Crippen molar-refractivity contribution in [1.82, 2.24) is 0 Å². The van der Waals surface area contributed by atoms with Crippen LogP contribution in [0.3, 0.4) is 0 Å². The van der Waals surface area contributed by atoms with Gasteiger partial charge < -0.3 is 15.1 Å². The number of para-hydroxylation sites is 2. The van der Waals surface area contributed by atoms with Gasteiger partial charge >= 0.3 is 0 Å². The topological polar surface area (TPSA) is 54.3 Å². The van der Waals surface area contributed by atoms with Crippen molar-refractivity contribution < 1.29 is 9.21 Å². The number of halogens is 1. The molecule has 1 atom stereocenters. The number of Topliss-reactive ketones (excluding diaryl/α,β-unsaturated/α-hetero) is 1. The van der Waals surface area contributed by atoms with Gasteiger partial charge in [-0.05, 0) is 48.2 Å². The highest BCUT2D eigenvalue weighted by Gasteiger charge is 2.39. The number of benzene rings is 2. The number of hydrogen-bond donors (Lipinski definition) is 2. The summed E-state index contributed by atoms with van der Waals surface area (Å²) in [5.41, 5.74) is 4.64. The maximum atomic E-state index is 13.3. The maximum Gasteiger partial charge on any atom is 0.163 e. The molecule has 2 aromatic carbocycles. The number of furan rings is 1. The van der Waals surface area contributed by atoms with Crippen LogP contribution in [0.4, 0.5) is 11.4 Å². The van der Waals surface area contributed by atoms with E-state index in [1.807, 2.05) is 60.7 Å². The molecule has 30 heavy (non-hydrogen) atoms. The van der Waals surface area contributed by atoms with Crippen molar-refractivity contribution >= 4 is 33.1 Å². The number of ketones is 1. The minimum atomic E-state index is -0.330. The first-order chi connectivity index (χ1) is 14.4. The Morgan fingerprint density at radius 2 is 1.70 bits per heavy atom. The number of nitrogens with one attached hydrogen (secondary N) is 2. The van der Waals surface area contributed by atoms with E-state index in [2.05, 4.69) is 40.4 Å². The predicted octanol–water partition coefficient (Wildman–Crippen LogP) is 6.93. The third-order valence-corrected chi connectivity index (χ3v) is 6.29. The lowest BCUT2D eigenvalue weighted by Crippen LogP contribution is -2.31. The van der Waals surface area contributed by atoms with Crippen LogP contribution in [0.15, 0.2) is 80.8 Å². The molecule has 1 aromatic heterocycles. The third-order valence-electron chi connectivity index (χ3n) is 5.76. The summed E-state index contributed by atoms with van der Waals surface area (Å²) in [6, 6.07) is 19.7. The Labute approximate surface area is 184 Å². The number of hydrogen-bond acceptors (Lipinski definition) is 4. The van der Waals surface area contributed by atoms with E-state index >= 15 is 0 Å². The average molecular weight is 463 g/mol. The Bertz CT molecular complexity index is 1160. The van der Waals surface area contributed by atoms with E-state index in [0.717, 1.165) is 50.6 Å². The summed E-state index contributed by atoms with van der Waals surface area (Å²) in [5, 5.41) is 7.11. The van der Waals surface area contributed by atoms with Crippen LogP contribution in [-0.4, -0.2) is 5.78 Å². The summed E-state index contributed by atoms with van der Waals surface area (Å²) in [6.07, 6.45) is 1.35. The number of carbonyl (C=O) groups is 1. The quantitative estimate of drug-likeness (QED) is 0.433. The number of carbonyl (C=O) groups excluding carboxylic acids is 1. The van der Waals surface area contributed by atoms with Crippen molar-refractivity contribution in [3.63, 3.8) is 0 Å². The molecule has 5 rings (SSSR count). The van der Waals surface area contributed by atoms with Crippen molar-refractivity contribution in [2.45, 2.75) is 32.7 Å². The molecule has 0 spiro atoms. The Morgan fingerprint density at radius 3 is 2.47 bits per heavy atom. The van der Waals surface area contributed by atoms with Crippen LogP contribution >= 0.6 is 15.9 Å². The normalized spacial score (nSPS) is 20.0. The minimum absolute atomic E-state index is 0.0709. The van der Waals surface area contributed by atoms with Gasteiger partial charge in [-0.1, -0.05) is 54.0 Å². The van der Waals surface area contributed by atoms with Gasteiger partial charge in [0.2, 0.25) is 0 Å². The van der Waals surface area contributed by atoms with Crippen LogP contribution in [0.1, 0.15) is 38.5 Å². The van der Waals surface area contributed by atoms with E-state index in [1.54, 1.807) is 0 Å². The van der Waals surface area contributed by atoms with Gasteiger partial charge in [-0.25, -0.2) is 0 Å². The zero-order valence-electron chi connectivity index (χ0n) is 17.0. The number of rotatable bonds is 2. The number of fused-ring (bicyclic) bond motifs is 1. The van der Waals surface area contributed by atoms with Gasteiger partial charge in [-0.2, -0.15) is 0 Å². The van der Waals surface area contributed by atoms with Crippen LogP contribution in [0, 0.1) is 5.41 Å². The molecule has 3 aromatic rings. The monoisotopic (exact) mass is 462 g/mol. The fourth-order valence-electron chi connectivity index (χ4n) is 4.38. The lowest BCUT2D eigenvalue weighted by atomic mass is 9.74. The highest BCUT2D eigenvalue weighted by Crippen LogP contribution is 2.46. The highest BCUT2D eigenvalue weighted by molar-refractivity contribution is 9.10. The van der Waals surface area contributed by atoms with E-state index in [4.69, 9.17) is 4.42 Å². The standard InChI is InChI=1S/C25H23BrN2O2/c1-25(2)13-19-23(20(29)14-25)24(28-18-6-4-3-5-17(18)27-19)22-12-11-21(30-22)15-7-9-16(26)10-8-15/h3-12,24,27-28H,13-14H2,1-2H3/t24-/m0/s1. The first kappa shape index (κ1) is 19.2. The second kappa shape index (κ2) is 7.17. The van der Waals surface area contributed by atoms with Gasteiger partial charge in [0.05, 0.1) is 11.4 Å². The van der Waals surface area contributed by atoms with Gasteiger partial charge in [0.15, 0.2) is 5.78 Å². The molecule has 1 aliphatic carbocycles. The average Bonchev–Trinajstić information content (AvgIpc) is 3.11. The van der Waals surface area contributed by atoms with Gasteiger partial charge in [-0.3, -0.25) is 4.79 Å². The van der Waals surface area contributed by atoms with Crippen molar-refractivity contribution in [1.29, 1.82) is 0 Å². The lowest BCUT2D eigenvalue weighted by Gasteiger charge is -2.33. The molecule has 0 saturated carbocycles. The van der Waals surface area contributed by atoms with Gasteiger partial charge in [0.25, 0.3) is 0 Å². The van der Waals surface area contributed by atoms with Crippen LogP contribution in [-0.2, 0) is 4.79 Å². The van der Waals surface area contributed by atoms with Gasteiger partial charge in [-0.15, -0.1) is 0 Å². The molecule has 2 N–H and O–H groups in total. The fraction of sp³-hybridized carbons (Fsp3) is 0.240. The maximum absolute atomic E-state index is 13.3. The second-order valence-corrected chi connectivity index (χ2v) is 9.71.